The van der Waals surface area contributed by atoms with Crippen molar-refractivity contribution in [1.29, 1.82) is 0 Å². The fraction of sp³-hybridized carbons (Fsp3) is 0.318. The topological polar surface area (TPSA) is 97.0 Å². The van der Waals surface area contributed by atoms with Crippen LogP contribution in [0.25, 0.3) is 0 Å². The van der Waals surface area contributed by atoms with Gasteiger partial charge in [0.15, 0.2) is 0 Å². The van der Waals surface area contributed by atoms with E-state index in [0.29, 0.717) is 35.7 Å². The third-order valence-electron chi connectivity index (χ3n) is 4.27. The molecule has 2 rings (SSSR count). The summed E-state index contributed by atoms with van der Waals surface area (Å²) in [5.74, 6) is 0.0373. The Labute approximate surface area is 176 Å². The Morgan fingerprint density at radius 1 is 0.933 bits per heavy atom. The molecule has 0 radical (unpaired) electrons. The highest BCUT2D eigenvalue weighted by molar-refractivity contribution is 5.99. The highest BCUT2D eigenvalue weighted by atomic mass is 16.5. The molecular weight excluding hydrogens is 386 g/mol. The van der Waals surface area contributed by atoms with Gasteiger partial charge in [0.05, 0.1) is 32.9 Å². The van der Waals surface area contributed by atoms with Crippen LogP contribution in [0.1, 0.15) is 23.7 Å². The normalized spacial score (nSPS) is 10.1. The van der Waals surface area contributed by atoms with Gasteiger partial charge in [0.25, 0.3) is 5.91 Å². The third kappa shape index (κ3) is 6.51. The maximum atomic E-state index is 12.9. The zero-order valence-corrected chi connectivity index (χ0v) is 17.4. The van der Waals surface area contributed by atoms with Crippen LogP contribution in [0.3, 0.4) is 0 Å². The number of anilines is 1. The summed E-state index contributed by atoms with van der Waals surface area (Å²) in [4.78, 5) is 38.7. The quantitative estimate of drug-likeness (QED) is 0.623. The van der Waals surface area contributed by atoms with E-state index in [0.717, 1.165) is 0 Å². The SMILES string of the molecule is CCCN(CC(=O)NCC(=O)Nc1ccc(OC)cc1)C(=O)c1ccccc1OC. The lowest BCUT2D eigenvalue weighted by atomic mass is 10.1. The molecule has 8 nitrogen and oxygen atoms in total. The van der Waals surface area contributed by atoms with E-state index in [1.165, 1.54) is 12.0 Å². The first-order valence-corrected chi connectivity index (χ1v) is 9.61. The number of ether oxygens (including phenoxy) is 2. The number of para-hydroxylation sites is 1. The first kappa shape index (κ1) is 22.7. The number of hydrogen-bond donors (Lipinski definition) is 2. The molecule has 0 aliphatic rings. The minimum atomic E-state index is -0.420. The Balaban J connectivity index is 1.91. The molecule has 0 heterocycles. The van der Waals surface area contributed by atoms with Crippen molar-refractivity contribution in [2.45, 2.75) is 13.3 Å². The monoisotopic (exact) mass is 413 g/mol. The number of nitrogens with one attached hydrogen (secondary N) is 2. The van der Waals surface area contributed by atoms with Crippen molar-refractivity contribution in [3.8, 4) is 11.5 Å². The number of carbonyl (C=O) groups is 3. The highest BCUT2D eigenvalue weighted by Gasteiger charge is 2.21. The van der Waals surface area contributed by atoms with Gasteiger partial charge in [-0.2, -0.15) is 0 Å². The fourth-order valence-electron chi connectivity index (χ4n) is 2.80. The minimum Gasteiger partial charge on any atom is -0.497 e. The van der Waals surface area contributed by atoms with Crippen molar-refractivity contribution in [3.63, 3.8) is 0 Å². The lowest BCUT2D eigenvalue weighted by Gasteiger charge is -2.22. The van der Waals surface area contributed by atoms with Crippen LogP contribution in [-0.4, -0.2) is 56.5 Å². The van der Waals surface area contributed by atoms with Gasteiger partial charge in [-0.15, -0.1) is 0 Å². The minimum absolute atomic E-state index is 0.152. The molecule has 0 aromatic heterocycles. The third-order valence-corrected chi connectivity index (χ3v) is 4.27. The Hall–Kier alpha value is -3.55. The van der Waals surface area contributed by atoms with Crippen LogP contribution in [0.2, 0.25) is 0 Å². The zero-order chi connectivity index (χ0) is 21.9. The largest absolute Gasteiger partial charge is 0.497 e. The predicted molar refractivity (Wildman–Crippen MR) is 114 cm³/mol. The number of hydrogen-bond acceptors (Lipinski definition) is 5. The number of rotatable bonds is 10. The van der Waals surface area contributed by atoms with E-state index in [9.17, 15) is 14.4 Å². The van der Waals surface area contributed by atoms with Gasteiger partial charge < -0.3 is 25.0 Å². The van der Waals surface area contributed by atoms with Gasteiger partial charge in [-0.1, -0.05) is 19.1 Å². The van der Waals surface area contributed by atoms with Gasteiger partial charge in [0, 0.05) is 12.2 Å². The average Bonchev–Trinajstić information content (AvgIpc) is 2.77. The van der Waals surface area contributed by atoms with Crippen LogP contribution >= 0.6 is 0 Å². The second-order valence-electron chi connectivity index (χ2n) is 6.48. The lowest BCUT2D eigenvalue weighted by molar-refractivity contribution is -0.124. The van der Waals surface area contributed by atoms with Crippen molar-refractivity contribution in [1.82, 2.24) is 10.2 Å². The molecule has 2 N–H and O–H groups in total. The molecule has 0 spiro atoms. The molecule has 0 unspecified atom stereocenters. The van der Waals surface area contributed by atoms with Crippen LogP contribution in [0.4, 0.5) is 5.69 Å². The van der Waals surface area contributed by atoms with E-state index >= 15 is 0 Å². The smallest absolute Gasteiger partial charge is 0.258 e. The molecule has 0 bridgehead atoms. The number of benzene rings is 2. The summed E-state index contributed by atoms with van der Waals surface area (Å²) in [5.41, 5.74) is 0.979. The number of amides is 3. The second kappa shape index (κ2) is 11.5. The maximum Gasteiger partial charge on any atom is 0.258 e. The predicted octanol–water partition coefficient (Wildman–Crippen LogP) is 2.31. The van der Waals surface area contributed by atoms with E-state index in [1.54, 1.807) is 55.6 Å². The summed E-state index contributed by atoms with van der Waals surface area (Å²) in [6.45, 7) is 1.97. The molecule has 8 heteroatoms. The molecule has 0 fully saturated rings. The summed E-state index contributed by atoms with van der Waals surface area (Å²) in [5, 5.41) is 5.23. The number of carbonyl (C=O) groups excluding carboxylic acids is 3. The molecule has 0 aliphatic heterocycles. The first-order chi connectivity index (χ1) is 14.5. The number of nitrogens with zero attached hydrogens (tertiary/aromatic N) is 1. The Morgan fingerprint density at radius 2 is 1.63 bits per heavy atom. The zero-order valence-electron chi connectivity index (χ0n) is 17.4. The van der Waals surface area contributed by atoms with Gasteiger partial charge >= 0.3 is 0 Å². The maximum absolute atomic E-state index is 12.9. The summed E-state index contributed by atoms with van der Waals surface area (Å²) >= 11 is 0. The summed E-state index contributed by atoms with van der Waals surface area (Å²) in [7, 11) is 3.05. The van der Waals surface area contributed by atoms with Crippen molar-refractivity contribution in [2.24, 2.45) is 0 Å². The van der Waals surface area contributed by atoms with E-state index in [4.69, 9.17) is 9.47 Å². The van der Waals surface area contributed by atoms with Crippen LogP contribution in [-0.2, 0) is 9.59 Å². The lowest BCUT2D eigenvalue weighted by Crippen LogP contribution is -2.43. The van der Waals surface area contributed by atoms with Crippen LogP contribution in [0.15, 0.2) is 48.5 Å². The Morgan fingerprint density at radius 3 is 2.27 bits per heavy atom. The summed E-state index contributed by atoms with van der Waals surface area (Å²) < 4.78 is 10.3. The Bertz CT molecular complexity index is 867. The van der Waals surface area contributed by atoms with Crippen molar-refractivity contribution in [3.05, 3.63) is 54.1 Å². The molecule has 2 aromatic rings. The molecule has 160 valence electrons. The van der Waals surface area contributed by atoms with Crippen molar-refractivity contribution < 1.29 is 23.9 Å². The van der Waals surface area contributed by atoms with Crippen LogP contribution in [0, 0.1) is 0 Å². The first-order valence-electron chi connectivity index (χ1n) is 9.61. The van der Waals surface area contributed by atoms with Gasteiger partial charge in [0.1, 0.15) is 11.5 Å². The van der Waals surface area contributed by atoms with E-state index < -0.39 is 5.91 Å². The van der Waals surface area contributed by atoms with Crippen molar-refractivity contribution >= 4 is 23.4 Å². The molecule has 30 heavy (non-hydrogen) atoms. The van der Waals surface area contributed by atoms with Gasteiger partial charge in [-0.05, 0) is 42.8 Å². The Kier molecular flexibility index (Phi) is 8.68. The number of methoxy groups -OCH3 is 2. The van der Waals surface area contributed by atoms with Crippen LogP contribution < -0.4 is 20.1 Å². The molecule has 0 atom stereocenters. The van der Waals surface area contributed by atoms with E-state index in [1.807, 2.05) is 6.92 Å². The standard InChI is InChI=1S/C22H27N3O5/c1-4-13-25(22(28)18-7-5-6-8-19(18)30-3)15-21(27)23-14-20(26)24-16-9-11-17(29-2)12-10-16/h5-12H,4,13-15H2,1-3H3,(H,23,27)(H,24,26). The van der Waals surface area contributed by atoms with Crippen molar-refractivity contribution in [2.75, 3.05) is 39.2 Å². The summed E-state index contributed by atoms with van der Waals surface area (Å²) in [6, 6.07) is 13.7. The molecular formula is C22H27N3O5. The van der Waals surface area contributed by atoms with Crippen LogP contribution in [0.5, 0.6) is 11.5 Å². The highest BCUT2D eigenvalue weighted by Crippen LogP contribution is 2.19. The van der Waals surface area contributed by atoms with E-state index in [-0.39, 0.29) is 24.9 Å². The average molecular weight is 413 g/mol. The molecule has 0 saturated carbocycles. The van der Waals surface area contributed by atoms with E-state index in [2.05, 4.69) is 10.6 Å². The molecule has 0 aliphatic carbocycles. The fourth-order valence-corrected chi connectivity index (χ4v) is 2.80. The van der Waals surface area contributed by atoms with Gasteiger partial charge in [0.2, 0.25) is 11.8 Å². The molecule has 3 amide bonds. The summed E-state index contributed by atoms with van der Waals surface area (Å²) in [6.07, 6.45) is 0.687. The molecule has 2 aromatic carbocycles. The second-order valence-corrected chi connectivity index (χ2v) is 6.48. The molecule has 0 saturated heterocycles. The van der Waals surface area contributed by atoms with Gasteiger partial charge in [-0.25, -0.2) is 0 Å². The van der Waals surface area contributed by atoms with Gasteiger partial charge in [-0.3, -0.25) is 14.4 Å².